The zero-order valence-electron chi connectivity index (χ0n) is 14.4. The van der Waals surface area contributed by atoms with Crippen LogP contribution >= 0.6 is 23.2 Å². The Kier molecular flexibility index (Phi) is 6.39. The Bertz CT molecular complexity index is 780. The average molecular weight is 384 g/mol. The number of amides is 1. The summed E-state index contributed by atoms with van der Waals surface area (Å²) >= 11 is 12.0. The molecule has 0 fully saturated rings. The first-order chi connectivity index (χ1) is 11.8. The first kappa shape index (κ1) is 19.2. The first-order valence-electron chi connectivity index (χ1n) is 7.51. The summed E-state index contributed by atoms with van der Waals surface area (Å²) in [5.74, 6) is 1.11. The van der Waals surface area contributed by atoms with Gasteiger partial charge in [0.15, 0.2) is 6.10 Å². The molecular weight excluding hydrogens is 365 g/mol. The van der Waals surface area contributed by atoms with Crippen LogP contribution in [0.2, 0.25) is 10.0 Å². The Morgan fingerprint density at radius 3 is 2.32 bits per heavy atom. The maximum atomic E-state index is 12.5. The second-order valence-electron chi connectivity index (χ2n) is 5.35. The molecule has 0 aliphatic carbocycles. The topological polar surface area (TPSA) is 56.8 Å². The SMILES string of the molecule is COc1cc(NC(=O)[C@H](C)Oc2ccc(Cl)cc2C)c(OC)cc1Cl. The molecule has 1 amide bonds. The molecule has 0 spiro atoms. The quantitative estimate of drug-likeness (QED) is 0.783. The smallest absolute Gasteiger partial charge is 0.265 e. The Balaban J connectivity index is 2.15. The monoisotopic (exact) mass is 383 g/mol. The van der Waals surface area contributed by atoms with E-state index in [9.17, 15) is 4.79 Å². The minimum Gasteiger partial charge on any atom is -0.495 e. The van der Waals surface area contributed by atoms with Gasteiger partial charge in [-0.3, -0.25) is 4.79 Å². The maximum absolute atomic E-state index is 12.5. The molecule has 1 atom stereocenters. The third-order valence-electron chi connectivity index (χ3n) is 3.54. The van der Waals surface area contributed by atoms with Crippen LogP contribution in [0, 0.1) is 6.92 Å². The van der Waals surface area contributed by atoms with E-state index in [-0.39, 0.29) is 5.91 Å². The van der Waals surface area contributed by atoms with Crippen LogP contribution in [0.3, 0.4) is 0 Å². The zero-order chi connectivity index (χ0) is 18.6. The summed E-state index contributed by atoms with van der Waals surface area (Å²) in [6.45, 7) is 3.52. The van der Waals surface area contributed by atoms with E-state index in [1.54, 1.807) is 37.3 Å². The Labute approximate surface area is 156 Å². The first-order valence-corrected chi connectivity index (χ1v) is 8.26. The normalized spacial score (nSPS) is 11.6. The number of anilines is 1. The number of benzene rings is 2. The van der Waals surface area contributed by atoms with Gasteiger partial charge in [-0.2, -0.15) is 0 Å². The van der Waals surface area contributed by atoms with E-state index < -0.39 is 6.10 Å². The molecule has 2 aromatic rings. The summed E-state index contributed by atoms with van der Waals surface area (Å²) in [6, 6.07) is 8.38. The van der Waals surface area contributed by atoms with Gasteiger partial charge in [0, 0.05) is 17.2 Å². The van der Waals surface area contributed by atoms with Crippen LogP contribution in [0.15, 0.2) is 30.3 Å². The van der Waals surface area contributed by atoms with Gasteiger partial charge in [-0.25, -0.2) is 0 Å². The molecule has 1 N–H and O–H groups in total. The van der Waals surface area contributed by atoms with Crippen LogP contribution < -0.4 is 19.5 Å². The van der Waals surface area contributed by atoms with Crippen molar-refractivity contribution in [3.05, 3.63) is 45.9 Å². The van der Waals surface area contributed by atoms with Crippen molar-refractivity contribution in [1.82, 2.24) is 0 Å². The number of ether oxygens (including phenoxy) is 3. The number of carbonyl (C=O) groups is 1. The molecule has 0 heterocycles. The second-order valence-corrected chi connectivity index (χ2v) is 6.19. The molecule has 134 valence electrons. The minimum absolute atomic E-state index is 0.336. The molecule has 0 aliphatic heterocycles. The van der Waals surface area contributed by atoms with Gasteiger partial charge in [0.1, 0.15) is 17.2 Å². The molecule has 0 bridgehead atoms. The van der Waals surface area contributed by atoms with E-state index in [1.165, 1.54) is 14.2 Å². The lowest BCUT2D eigenvalue weighted by Gasteiger charge is -2.18. The Morgan fingerprint density at radius 1 is 1.04 bits per heavy atom. The lowest BCUT2D eigenvalue weighted by molar-refractivity contribution is -0.122. The molecular formula is C18H19Cl2NO4. The number of methoxy groups -OCH3 is 2. The highest BCUT2D eigenvalue weighted by molar-refractivity contribution is 6.32. The van der Waals surface area contributed by atoms with Gasteiger partial charge in [-0.15, -0.1) is 0 Å². The van der Waals surface area contributed by atoms with Gasteiger partial charge in [0.25, 0.3) is 5.91 Å². The lowest BCUT2D eigenvalue weighted by Crippen LogP contribution is -2.30. The standard InChI is InChI=1S/C18H19Cl2NO4/c1-10-7-12(19)5-6-15(10)25-11(2)18(22)21-14-9-16(23-3)13(20)8-17(14)24-4/h5-9,11H,1-4H3,(H,21,22)/t11-/m0/s1. The van der Waals surface area contributed by atoms with Gasteiger partial charge in [0.2, 0.25) is 0 Å². The number of hydrogen-bond donors (Lipinski definition) is 1. The van der Waals surface area contributed by atoms with Crippen LogP contribution in [0.5, 0.6) is 17.2 Å². The fourth-order valence-electron chi connectivity index (χ4n) is 2.18. The molecule has 0 saturated heterocycles. The third-order valence-corrected chi connectivity index (χ3v) is 4.07. The van der Waals surface area contributed by atoms with Crippen molar-refractivity contribution in [2.75, 3.05) is 19.5 Å². The number of aryl methyl sites for hydroxylation is 1. The van der Waals surface area contributed by atoms with Gasteiger partial charge < -0.3 is 19.5 Å². The van der Waals surface area contributed by atoms with Crippen molar-refractivity contribution in [2.45, 2.75) is 20.0 Å². The minimum atomic E-state index is -0.730. The highest BCUT2D eigenvalue weighted by atomic mass is 35.5. The highest BCUT2D eigenvalue weighted by Crippen LogP contribution is 2.36. The van der Waals surface area contributed by atoms with E-state index >= 15 is 0 Å². The molecule has 0 radical (unpaired) electrons. The van der Waals surface area contributed by atoms with Crippen molar-refractivity contribution in [3.8, 4) is 17.2 Å². The van der Waals surface area contributed by atoms with Crippen LogP contribution in [0.1, 0.15) is 12.5 Å². The van der Waals surface area contributed by atoms with Crippen molar-refractivity contribution >= 4 is 34.8 Å². The van der Waals surface area contributed by atoms with E-state index in [0.717, 1.165) is 5.56 Å². The van der Waals surface area contributed by atoms with Gasteiger partial charge in [-0.05, 0) is 37.6 Å². The van der Waals surface area contributed by atoms with Crippen molar-refractivity contribution in [1.29, 1.82) is 0 Å². The molecule has 0 unspecified atom stereocenters. The Hall–Kier alpha value is -2.11. The van der Waals surface area contributed by atoms with E-state index in [0.29, 0.717) is 33.0 Å². The molecule has 2 rings (SSSR count). The summed E-state index contributed by atoms with van der Waals surface area (Å²) in [5.41, 5.74) is 1.29. The summed E-state index contributed by atoms with van der Waals surface area (Å²) in [4.78, 5) is 12.5. The number of carbonyl (C=O) groups excluding carboxylic acids is 1. The molecule has 2 aromatic carbocycles. The molecule has 0 aliphatic rings. The van der Waals surface area contributed by atoms with Crippen LogP contribution in [-0.2, 0) is 4.79 Å². The lowest BCUT2D eigenvalue weighted by atomic mass is 10.2. The predicted octanol–water partition coefficient (Wildman–Crippen LogP) is 4.73. The van der Waals surface area contributed by atoms with E-state index in [4.69, 9.17) is 37.4 Å². The largest absolute Gasteiger partial charge is 0.495 e. The number of hydrogen-bond acceptors (Lipinski definition) is 4. The highest BCUT2D eigenvalue weighted by Gasteiger charge is 2.19. The number of rotatable bonds is 6. The number of nitrogens with one attached hydrogen (secondary N) is 1. The zero-order valence-corrected chi connectivity index (χ0v) is 15.9. The van der Waals surface area contributed by atoms with Crippen LogP contribution in [-0.4, -0.2) is 26.2 Å². The predicted molar refractivity (Wildman–Crippen MR) is 99.5 cm³/mol. The fraction of sp³-hybridized carbons (Fsp3) is 0.278. The van der Waals surface area contributed by atoms with Crippen LogP contribution in [0.25, 0.3) is 0 Å². The summed E-state index contributed by atoms with van der Waals surface area (Å²) in [5, 5.41) is 3.76. The Morgan fingerprint density at radius 2 is 1.72 bits per heavy atom. The van der Waals surface area contributed by atoms with Crippen LogP contribution in [0.4, 0.5) is 5.69 Å². The summed E-state index contributed by atoms with van der Waals surface area (Å²) in [7, 11) is 2.99. The van der Waals surface area contributed by atoms with Crippen molar-refractivity contribution in [3.63, 3.8) is 0 Å². The molecule has 7 heteroatoms. The second kappa shape index (κ2) is 8.32. The average Bonchev–Trinajstić information content (AvgIpc) is 2.58. The molecule has 0 aromatic heterocycles. The fourth-order valence-corrected chi connectivity index (χ4v) is 2.64. The molecule has 25 heavy (non-hydrogen) atoms. The maximum Gasteiger partial charge on any atom is 0.265 e. The third kappa shape index (κ3) is 4.71. The summed E-state index contributed by atoms with van der Waals surface area (Å²) in [6.07, 6.45) is -0.730. The molecule has 5 nitrogen and oxygen atoms in total. The van der Waals surface area contributed by atoms with Crippen molar-refractivity contribution < 1.29 is 19.0 Å². The van der Waals surface area contributed by atoms with Gasteiger partial charge in [-0.1, -0.05) is 23.2 Å². The molecule has 0 saturated carbocycles. The van der Waals surface area contributed by atoms with E-state index in [1.807, 2.05) is 6.92 Å². The van der Waals surface area contributed by atoms with Crippen molar-refractivity contribution in [2.24, 2.45) is 0 Å². The van der Waals surface area contributed by atoms with Gasteiger partial charge in [0.05, 0.1) is 24.9 Å². The number of halogens is 2. The van der Waals surface area contributed by atoms with Gasteiger partial charge >= 0.3 is 0 Å². The summed E-state index contributed by atoms with van der Waals surface area (Å²) < 4.78 is 16.1. The van der Waals surface area contributed by atoms with E-state index in [2.05, 4.69) is 5.32 Å².